The predicted octanol–water partition coefficient (Wildman–Crippen LogP) is -2.05. The lowest BCUT2D eigenvalue weighted by molar-refractivity contribution is 0.343. The molecule has 3 rings (SSSR count). The van der Waals surface area contributed by atoms with Crippen molar-refractivity contribution in [2.24, 2.45) is 11.7 Å². The zero-order valence-corrected chi connectivity index (χ0v) is 13.8. The van der Waals surface area contributed by atoms with Gasteiger partial charge in [0.25, 0.3) is 10.9 Å². The van der Waals surface area contributed by atoms with Gasteiger partial charge in [-0.3, -0.25) is 9.59 Å². The van der Waals surface area contributed by atoms with Crippen molar-refractivity contribution in [2.45, 2.75) is 31.6 Å². The van der Waals surface area contributed by atoms with E-state index in [2.05, 4.69) is 25.9 Å². The quantitative estimate of drug-likeness (QED) is 0.277. The molecule has 11 nitrogen and oxygen atoms in total. The number of nitrogens with two attached hydrogens (primary N) is 1. The van der Waals surface area contributed by atoms with Crippen LogP contribution in [0.3, 0.4) is 0 Å². The molecule has 12 heteroatoms. The molecule has 0 spiro atoms. The molecule has 0 saturated carbocycles. The van der Waals surface area contributed by atoms with Crippen molar-refractivity contribution in [3.63, 3.8) is 0 Å². The fourth-order valence-electron chi connectivity index (χ4n) is 3.35. The fraction of sp³-hybridized carbons (Fsp3) is 0.615. The fourth-order valence-corrected chi connectivity index (χ4v) is 3.35. The highest BCUT2D eigenvalue weighted by atomic mass is 16.4. The topological polar surface area (TPSA) is 170 Å². The van der Waals surface area contributed by atoms with Gasteiger partial charge in [0.1, 0.15) is 11.4 Å². The van der Waals surface area contributed by atoms with E-state index in [0.29, 0.717) is 31.6 Å². The van der Waals surface area contributed by atoms with Crippen molar-refractivity contribution >= 4 is 24.4 Å². The molecule has 1 saturated heterocycles. The first-order valence-electron chi connectivity index (χ1n) is 8.03. The van der Waals surface area contributed by atoms with E-state index in [-0.39, 0.29) is 23.9 Å². The molecule has 6 N–H and O–H groups in total. The minimum Gasteiger partial charge on any atom is -0.427 e. The van der Waals surface area contributed by atoms with Gasteiger partial charge in [-0.2, -0.15) is 0 Å². The summed E-state index contributed by atoms with van der Waals surface area (Å²) in [4.78, 5) is 25.7. The molecule has 1 aromatic heterocycles. The molecule has 0 unspecified atom stereocenters. The Bertz CT molecular complexity index is 800. The smallest absolute Gasteiger partial charge is 0.427 e. The van der Waals surface area contributed by atoms with Gasteiger partial charge in [-0.25, -0.2) is 5.10 Å². The van der Waals surface area contributed by atoms with Crippen LogP contribution in [0.5, 0.6) is 0 Å². The summed E-state index contributed by atoms with van der Waals surface area (Å²) < 4.78 is 0. The largest absolute Gasteiger partial charge is 0.451 e. The molecule has 1 aliphatic heterocycles. The minimum absolute atomic E-state index is 0.0652. The Morgan fingerprint density at radius 3 is 2.84 bits per heavy atom. The first-order chi connectivity index (χ1) is 11.8. The van der Waals surface area contributed by atoms with E-state index < -0.39 is 23.5 Å². The molecular formula is C13H20BN7O4. The molecular weight excluding hydrogens is 329 g/mol. The molecule has 0 radical (unpaired) electrons. The van der Waals surface area contributed by atoms with Crippen LogP contribution >= 0.6 is 0 Å². The predicted molar refractivity (Wildman–Crippen MR) is 91.3 cm³/mol. The summed E-state index contributed by atoms with van der Waals surface area (Å²) in [5.41, 5.74) is 5.09. The average molecular weight is 349 g/mol. The maximum Gasteiger partial charge on any atom is 0.451 e. The summed E-state index contributed by atoms with van der Waals surface area (Å²) in [5.74, 6) is 0.243. The summed E-state index contributed by atoms with van der Waals surface area (Å²) >= 11 is 0. The van der Waals surface area contributed by atoms with Gasteiger partial charge in [-0.05, 0) is 36.0 Å². The number of tetrazole rings is 1. The van der Waals surface area contributed by atoms with Gasteiger partial charge in [0.05, 0.1) is 0 Å². The summed E-state index contributed by atoms with van der Waals surface area (Å²) in [5, 5.41) is 33.6. The highest BCUT2D eigenvalue weighted by molar-refractivity contribution is 6.40. The highest BCUT2D eigenvalue weighted by Crippen LogP contribution is 2.34. The Kier molecular flexibility index (Phi) is 4.58. The Hall–Kier alpha value is -2.31. The van der Waals surface area contributed by atoms with Crippen molar-refractivity contribution in [1.82, 2.24) is 20.6 Å². The van der Waals surface area contributed by atoms with Crippen LogP contribution in [-0.2, 0) is 0 Å². The number of hydrogen-bond donors (Lipinski definition) is 5. The van der Waals surface area contributed by atoms with Crippen molar-refractivity contribution in [2.75, 3.05) is 23.3 Å². The van der Waals surface area contributed by atoms with Crippen LogP contribution in [0.2, 0.25) is 6.32 Å². The van der Waals surface area contributed by atoms with E-state index >= 15 is 0 Å². The number of aromatic amines is 1. The van der Waals surface area contributed by atoms with Crippen molar-refractivity contribution in [3.8, 4) is 0 Å². The maximum atomic E-state index is 12.1. The van der Waals surface area contributed by atoms with E-state index in [1.165, 1.54) is 0 Å². The molecule has 2 aromatic rings. The second-order valence-corrected chi connectivity index (χ2v) is 6.75. The molecule has 134 valence electrons. The third kappa shape index (κ3) is 3.41. The Morgan fingerprint density at radius 1 is 1.44 bits per heavy atom. The van der Waals surface area contributed by atoms with E-state index in [0.717, 1.165) is 0 Å². The molecule has 2 atom stereocenters. The molecule has 2 heterocycles. The van der Waals surface area contributed by atoms with Crippen LogP contribution < -0.4 is 26.8 Å². The third-order valence-corrected chi connectivity index (χ3v) is 4.71. The van der Waals surface area contributed by atoms with Crippen molar-refractivity contribution < 1.29 is 10.0 Å². The van der Waals surface area contributed by atoms with E-state index in [1.54, 1.807) is 4.90 Å². The van der Waals surface area contributed by atoms with Crippen molar-refractivity contribution in [3.05, 3.63) is 20.4 Å². The van der Waals surface area contributed by atoms with Crippen LogP contribution in [0.15, 0.2) is 9.59 Å². The Labute approximate surface area is 143 Å². The zero-order valence-electron chi connectivity index (χ0n) is 13.8. The monoisotopic (exact) mass is 349 g/mol. The van der Waals surface area contributed by atoms with Crippen LogP contribution in [0, 0.1) is 5.92 Å². The number of nitrogens with zero attached hydrogens (tertiary/aromatic N) is 4. The molecule has 1 fully saturated rings. The van der Waals surface area contributed by atoms with E-state index in [4.69, 9.17) is 15.8 Å². The summed E-state index contributed by atoms with van der Waals surface area (Å²) in [7, 11) is -1.33. The number of rotatable bonds is 7. The molecule has 0 aliphatic carbocycles. The van der Waals surface area contributed by atoms with Gasteiger partial charge in [0.2, 0.25) is 5.95 Å². The lowest BCUT2D eigenvalue weighted by Gasteiger charge is -2.25. The van der Waals surface area contributed by atoms with Gasteiger partial charge >= 0.3 is 7.12 Å². The zero-order chi connectivity index (χ0) is 18.2. The number of hydrogen-bond acceptors (Lipinski definition) is 10. The second-order valence-electron chi connectivity index (χ2n) is 6.75. The summed E-state index contributed by atoms with van der Waals surface area (Å²) in [6, 6.07) is 0. The lowest BCUT2D eigenvalue weighted by atomic mass is 9.79. The number of nitrogens with one attached hydrogen (secondary N) is 2. The standard InChI is InChI=1S/C13H20BN7O4/c1-13(15)6-21(5-7(13)3-2-4-14(24)25)9-8(10(22)11(9)23)16-12-17-19-20-18-12/h7,24-25H,2-6,15H2,1H3,(H2,16,17,18,19,20)/t7-,13-/m0/s1. The van der Waals surface area contributed by atoms with Gasteiger partial charge < -0.3 is 26.0 Å². The molecule has 0 bridgehead atoms. The van der Waals surface area contributed by atoms with Gasteiger partial charge in [-0.15, -0.1) is 0 Å². The van der Waals surface area contributed by atoms with Crippen LogP contribution in [-0.4, -0.2) is 56.4 Å². The minimum atomic E-state index is -1.33. The van der Waals surface area contributed by atoms with Gasteiger partial charge in [-0.1, -0.05) is 11.5 Å². The number of anilines is 3. The van der Waals surface area contributed by atoms with Crippen LogP contribution in [0.1, 0.15) is 19.8 Å². The average Bonchev–Trinajstić information content (AvgIpc) is 3.14. The number of aromatic nitrogens is 4. The highest BCUT2D eigenvalue weighted by Gasteiger charge is 2.42. The second kappa shape index (κ2) is 6.54. The normalized spacial score (nSPS) is 23.4. The molecule has 1 aromatic carbocycles. The number of H-pyrrole nitrogens is 1. The summed E-state index contributed by atoms with van der Waals surface area (Å²) in [6.45, 7) is 2.84. The SMILES string of the molecule is C[C@]1(N)CN(c2c(Nc3nnn[nH]3)c(=O)c2=O)C[C@@H]1CCCB(O)O. The molecule has 0 amide bonds. The van der Waals surface area contributed by atoms with Crippen LogP contribution in [0.4, 0.5) is 17.3 Å². The first-order valence-corrected chi connectivity index (χ1v) is 8.03. The molecule has 25 heavy (non-hydrogen) atoms. The van der Waals surface area contributed by atoms with Gasteiger partial charge in [0.15, 0.2) is 0 Å². The van der Waals surface area contributed by atoms with Crippen LogP contribution in [0.25, 0.3) is 0 Å². The Morgan fingerprint density at radius 2 is 2.20 bits per heavy atom. The summed E-state index contributed by atoms with van der Waals surface area (Å²) in [6.07, 6.45) is 1.59. The lowest BCUT2D eigenvalue weighted by Crippen LogP contribution is -2.46. The third-order valence-electron chi connectivity index (χ3n) is 4.71. The van der Waals surface area contributed by atoms with E-state index in [1.807, 2.05) is 6.92 Å². The van der Waals surface area contributed by atoms with Gasteiger partial charge in [0, 0.05) is 18.6 Å². The maximum absolute atomic E-state index is 12.1. The molecule has 1 aliphatic rings. The van der Waals surface area contributed by atoms with Crippen molar-refractivity contribution in [1.29, 1.82) is 0 Å². The Balaban J connectivity index is 1.74. The van der Waals surface area contributed by atoms with E-state index in [9.17, 15) is 9.59 Å². The first kappa shape index (κ1) is 17.5.